The Labute approximate surface area is 209 Å². The SMILES string of the molecule is COc1cc(C(C)=NNC(=O)CSc2n[nH+]c(SCc3cccc4ccccc34)s2)ccc1[O-]. The van der Waals surface area contributed by atoms with Crippen LogP contribution in [-0.2, 0) is 10.5 Å². The van der Waals surface area contributed by atoms with Gasteiger partial charge in [-0.2, -0.15) is 5.10 Å². The summed E-state index contributed by atoms with van der Waals surface area (Å²) in [5.74, 6) is 0.819. The van der Waals surface area contributed by atoms with Crippen molar-refractivity contribution in [3.63, 3.8) is 0 Å². The van der Waals surface area contributed by atoms with E-state index in [9.17, 15) is 9.90 Å². The van der Waals surface area contributed by atoms with Crippen LogP contribution in [0.15, 0.2) is 74.4 Å². The summed E-state index contributed by atoms with van der Waals surface area (Å²) in [5.41, 5.74) is 5.09. The third-order valence-corrected chi connectivity index (χ3v) is 8.22. The Balaban J connectivity index is 1.28. The zero-order valence-electron chi connectivity index (χ0n) is 18.5. The summed E-state index contributed by atoms with van der Waals surface area (Å²) in [7, 11) is 1.44. The number of benzene rings is 3. The molecule has 0 spiro atoms. The average molecular weight is 511 g/mol. The fourth-order valence-electron chi connectivity index (χ4n) is 3.16. The van der Waals surface area contributed by atoms with Crippen LogP contribution in [0.4, 0.5) is 0 Å². The summed E-state index contributed by atoms with van der Waals surface area (Å²) in [5, 5.41) is 25.6. The maximum absolute atomic E-state index is 12.2. The molecule has 0 fully saturated rings. The number of aromatic nitrogens is 2. The third-order valence-electron chi connectivity index (χ3n) is 4.91. The van der Waals surface area contributed by atoms with Gasteiger partial charge in [0.15, 0.2) is 0 Å². The Bertz CT molecular complexity index is 1330. The van der Waals surface area contributed by atoms with Gasteiger partial charge in [0.1, 0.15) is 5.75 Å². The number of aromatic amines is 1. The van der Waals surface area contributed by atoms with Crippen LogP contribution in [0, 0.1) is 0 Å². The normalized spacial score (nSPS) is 11.5. The van der Waals surface area contributed by atoms with Gasteiger partial charge in [0, 0.05) is 16.4 Å². The van der Waals surface area contributed by atoms with Crippen LogP contribution < -0.4 is 20.4 Å². The molecule has 0 radical (unpaired) electrons. The van der Waals surface area contributed by atoms with Gasteiger partial charge in [-0.15, -0.1) is 0 Å². The number of methoxy groups -OCH3 is 1. The Morgan fingerprint density at radius 2 is 2.00 bits per heavy atom. The van der Waals surface area contributed by atoms with Crippen LogP contribution in [0.2, 0.25) is 0 Å². The molecule has 1 amide bonds. The van der Waals surface area contributed by atoms with Crippen molar-refractivity contribution in [2.45, 2.75) is 21.4 Å². The van der Waals surface area contributed by atoms with E-state index < -0.39 is 0 Å². The molecule has 34 heavy (non-hydrogen) atoms. The van der Waals surface area contributed by atoms with E-state index in [1.54, 1.807) is 30.8 Å². The Morgan fingerprint density at radius 1 is 1.18 bits per heavy atom. The molecule has 0 bridgehead atoms. The lowest BCUT2D eigenvalue weighted by molar-refractivity contribution is -0.492. The van der Waals surface area contributed by atoms with Crippen LogP contribution in [0.5, 0.6) is 11.5 Å². The Morgan fingerprint density at radius 3 is 2.85 bits per heavy atom. The zero-order valence-corrected chi connectivity index (χ0v) is 21.0. The molecule has 2 N–H and O–H groups in total. The lowest BCUT2D eigenvalue weighted by atomic mass is 10.1. The standard InChI is InChI=1S/C24H22N4O3S3/c1-15(17-10-11-20(29)21(12-17)31-2)25-26-22(30)14-33-24-28-27-23(34-24)32-13-18-8-5-7-16-6-3-4-9-19(16)18/h3-12,29H,13-14H2,1-2H3,(H,26,30). The fraction of sp³-hybridized carbons (Fsp3) is 0.167. The first-order chi connectivity index (χ1) is 16.5. The van der Waals surface area contributed by atoms with Gasteiger partial charge >= 0.3 is 4.34 Å². The number of rotatable bonds is 9. The fourth-order valence-corrected chi connectivity index (χ4v) is 6.05. The Kier molecular flexibility index (Phi) is 8.04. The van der Waals surface area contributed by atoms with Gasteiger partial charge in [-0.3, -0.25) is 4.79 Å². The van der Waals surface area contributed by atoms with Crippen LogP contribution in [0.25, 0.3) is 10.8 Å². The lowest BCUT2D eigenvalue weighted by Gasteiger charge is -2.13. The molecule has 10 heteroatoms. The number of thioether (sulfide) groups is 2. The highest BCUT2D eigenvalue weighted by molar-refractivity contribution is 8.03. The minimum Gasteiger partial charge on any atom is -0.870 e. The summed E-state index contributed by atoms with van der Waals surface area (Å²) in [4.78, 5) is 12.2. The molecule has 0 unspecified atom stereocenters. The number of amides is 1. The van der Waals surface area contributed by atoms with Gasteiger partial charge in [-0.05, 0) is 52.4 Å². The molecular weight excluding hydrogens is 488 g/mol. The largest absolute Gasteiger partial charge is 0.870 e. The number of H-pyrrole nitrogens is 1. The first kappa shape index (κ1) is 24.1. The van der Waals surface area contributed by atoms with E-state index in [1.165, 1.54) is 52.6 Å². The summed E-state index contributed by atoms with van der Waals surface area (Å²) in [6, 6.07) is 19.4. The molecule has 0 saturated carbocycles. The van der Waals surface area contributed by atoms with Gasteiger partial charge in [-0.25, -0.2) is 5.43 Å². The monoisotopic (exact) mass is 510 g/mol. The van der Waals surface area contributed by atoms with Gasteiger partial charge in [0.25, 0.3) is 5.91 Å². The maximum Gasteiger partial charge on any atom is 0.323 e. The number of hydrogen-bond acceptors (Lipinski definition) is 8. The summed E-state index contributed by atoms with van der Waals surface area (Å²) < 4.78 is 6.81. The van der Waals surface area contributed by atoms with E-state index in [0.717, 1.165) is 14.4 Å². The quantitative estimate of drug-likeness (QED) is 0.207. The van der Waals surface area contributed by atoms with Gasteiger partial charge in [0.05, 0.1) is 18.6 Å². The first-order valence-corrected chi connectivity index (χ1v) is 13.1. The number of carbonyl (C=O) groups excluding carboxylic acids is 1. The molecule has 0 atom stereocenters. The van der Waals surface area contributed by atoms with E-state index in [4.69, 9.17) is 4.74 Å². The topological polar surface area (TPSA) is 101 Å². The molecule has 0 aliphatic rings. The molecule has 1 aromatic heterocycles. The second-order valence-corrected chi connectivity index (χ2v) is 10.7. The minimum absolute atomic E-state index is 0.189. The average Bonchev–Trinajstić information content (AvgIpc) is 3.33. The van der Waals surface area contributed by atoms with E-state index in [0.29, 0.717) is 11.3 Å². The predicted molar refractivity (Wildman–Crippen MR) is 136 cm³/mol. The van der Waals surface area contributed by atoms with E-state index >= 15 is 0 Å². The van der Waals surface area contributed by atoms with Crippen LogP contribution >= 0.6 is 34.9 Å². The van der Waals surface area contributed by atoms with Crippen molar-refractivity contribution in [3.05, 3.63) is 71.8 Å². The summed E-state index contributed by atoms with van der Waals surface area (Å²) in [6.45, 7) is 1.75. The number of carbonyl (C=O) groups is 1. The molecule has 0 aliphatic carbocycles. The van der Waals surface area contributed by atoms with Gasteiger partial charge < -0.3 is 9.84 Å². The molecule has 7 nitrogen and oxygen atoms in total. The molecule has 3 aromatic carbocycles. The maximum atomic E-state index is 12.2. The minimum atomic E-state index is -0.239. The number of fused-ring (bicyclic) bond motifs is 1. The van der Waals surface area contributed by atoms with Crippen molar-refractivity contribution in [2.75, 3.05) is 12.9 Å². The molecule has 4 rings (SSSR count). The van der Waals surface area contributed by atoms with Gasteiger partial charge in [-0.1, -0.05) is 77.2 Å². The number of nitrogens with one attached hydrogen (secondary N) is 2. The smallest absolute Gasteiger partial charge is 0.323 e. The highest BCUT2D eigenvalue weighted by Gasteiger charge is 2.14. The highest BCUT2D eigenvalue weighted by atomic mass is 32.2. The molecule has 0 saturated heterocycles. The van der Waals surface area contributed by atoms with Crippen LogP contribution in [-0.4, -0.2) is 29.6 Å². The molecule has 0 aliphatic heterocycles. The van der Waals surface area contributed by atoms with Crippen molar-refractivity contribution in [1.82, 2.24) is 10.5 Å². The highest BCUT2D eigenvalue weighted by Crippen LogP contribution is 2.30. The molecule has 174 valence electrons. The predicted octanol–water partition coefficient (Wildman–Crippen LogP) is 4.12. The van der Waals surface area contributed by atoms with Crippen molar-refractivity contribution >= 4 is 57.3 Å². The number of ether oxygens (including phenoxy) is 1. The third kappa shape index (κ3) is 6.07. The number of hydrogen-bond donors (Lipinski definition) is 1. The molecular formula is C24H22N4O3S3. The van der Waals surface area contributed by atoms with Crippen LogP contribution in [0.3, 0.4) is 0 Å². The van der Waals surface area contributed by atoms with E-state index in [1.807, 2.05) is 6.07 Å². The van der Waals surface area contributed by atoms with Crippen molar-refractivity contribution in [2.24, 2.45) is 5.10 Å². The number of nitrogens with zero attached hydrogens (tertiary/aromatic N) is 2. The second-order valence-electron chi connectivity index (χ2n) is 7.19. The van der Waals surface area contributed by atoms with E-state index in [-0.39, 0.29) is 23.2 Å². The van der Waals surface area contributed by atoms with Crippen LogP contribution in [0.1, 0.15) is 18.1 Å². The Hall–Kier alpha value is -3.08. The lowest BCUT2D eigenvalue weighted by Crippen LogP contribution is -2.21. The zero-order chi connectivity index (χ0) is 23.9. The summed E-state index contributed by atoms with van der Waals surface area (Å²) in [6.07, 6.45) is 0. The van der Waals surface area contributed by atoms with Crippen molar-refractivity contribution in [1.29, 1.82) is 0 Å². The second kappa shape index (κ2) is 11.4. The first-order valence-electron chi connectivity index (χ1n) is 10.3. The van der Waals surface area contributed by atoms with Gasteiger partial charge in [0.2, 0.25) is 4.34 Å². The molecule has 4 aromatic rings. The number of hydrazone groups is 1. The van der Waals surface area contributed by atoms with E-state index in [2.05, 4.69) is 57.1 Å². The summed E-state index contributed by atoms with van der Waals surface area (Å²) >= 11 is 4.57. The van der Waals surface area contributed by atoms with Crippen molar-refractivity contribution < 1.29 is 19.7 Å². The molecule has 1 heterocycles. The van der Waals surface area contributed by atoms with Crippen molar-refractivity contribution in [3.8, 4) is 11.5 Å².